The first-order valence-electron chi connectivity index (χ1n) is 8.99. The SMILES string of the molecule is Cn1ccnc1C1N(C(=O)Cn2cnnn2)CCC12C(=O)Nc1ccccc12. The van der Waals surface area contributed by atoms with Gasteiger partial charge in [0.2, 0.25) is 11.8 Å². The van der Waals surface area contributed by atoms with Crippen LogP contribution in [-0.4, -0.2) is 53.0 Å². The van der Waals surface area contributed by atoms with Crippen LogP contribution in [0.2, 0.25) is 0 Å². The van der Waals surface area contributed by atoms with E-state index in [0.29, 0.717) is 18.8 Å². The fourth-order valence-corrected chi connectivity index (χ4v) is 4.44. The summed E-state index contributed by atoms with van der Waals surface area (Å²) in [5.74, 6) is 0.420. The minimum atomic E-state index is -0.869. The Morgan fingerprint density at radius 3 is 2.96 bits per heavy atom. The van der Waals surface area contributed by atoms with Gasteiger partial charge in [-0.15, -0.1) is 5.10 Å². The zero-order valence-corrected chi connectivity index (χ0v) is 15.2. The average Bonchev–Trinajstić information content (AvgIpc) is 3.45. The van der Waals surface area contributed by atoms with Crippen LogP contribution in [-0.2, 0) is 28.6 Å². The highest BCUT2D eigenvalue weighted by Crippen LogP contribution is 2.54. The molecule has 28 heavy (non-hydrogen) atoms. The van der Waals surface area contributed by atoms with E-state index < -0.39 is 11.5 Å². The summed E-state index contributed by atoms with van der Waals surface area (Å²) < 4.78 is 3.24. The fourth-order valence-electron chi connectivity index (χ4n) is 4.44. The maximum atomic E-state index is 13.2. The molecule has 2 atom stereocenters. The lowest BCUT2D eigenvalue weighted by molar-refractivity contribution is -0.134. The standard InChI is InChI=1S/C18H18N8O2/c1-24-9-7-19-16(24)15-18(12-4-2-3-5-13(12)21-17(18)28)6-8-26(15)14(27)10-25-11-20-22-23-25/h2-5,7,9,11,15H,6,8,10H2,1H3,(H,21,28). The molecule has 142 valence electrons. The first kappa shape index (κ1) is 16.6. The van der Waals surface area contributed by atoms with Crippen molar-refractivity contribution >= 4 is 17.5 Å². The molecule has 0 aliphatic carbocycles. The topological polar surface area (TPSA) is 111 Å². The summed E-state index contributed by atoms with van der Waals surface area (Å²) in [7, 11) is 1.87. The molecular weight excluding hydrogens is 360 g/mol. The first-order chi connectivity index (χ1) is 13.6. The van der Waals surface area contributed by atoms with Crippen LogP contribution >= 0.6 is 0 Å². The van der Waals surface area contributed by atoms with Crippen LogP contribution in [0.4, 0.5) is 5.69 Å². The highest BCUT2D eigenvalue weighted by Gasteiger charge is 2.60. The molecule has 5 rings (SSSR count). The van der Waals surface area contributed by atoms with E-state index in [2.05, 4.69) is 25.8 Å². The van der Waals surface area contributed by atoms with Gasteiger partial charge in [-0.1, -0.05) is 18.2 Å². The number of carbonyl (C=O) groups excluding carboxylic acids is 2. The van der Waals surface area contributed by atoms with Gasteiger partial charge in [-0.2, -0.15) is 0 Å². The van der Waals surface area contributed by atoms with Gasteiger partial charge in [0.1, 0.15) is 30.2 Å². The monoisotopic (exact) mass is 378 g/mol. The summed E-state index contributed by atoms with van der Waals surface area (Å²) in [5.41, 5.74) is 0.832. The highest BCUT2D eigenvalue weighted by molar-refractivity contribution is 6.07. The number of hydrogen-bond donors (Lipinski definition) is 1. The number of para-hydroxylation sites is 1. The molecule has 1 fully saturated rings. The van der Waals surface area contributed by atoms with Crippen LogP contribution in [0.3, 0.4) is 0 Å². The lowest BCUT2D eigenvalue weighted by Gasteiger charge is -2.33. The van der Waals surface area contributed by atoms with Crippen molar-refractivity contribution in [2.75, 3.05) is 11.9 Å². The van der Waals surface area contributed by atoms with E-state index >= 15 is 0 Å². The van der Waals surface area contributed by atoms with E-state index in [4.69, 9.17) is 0 Å². The fraction of sp³-hybridized carbons (Fsp3) is 0.333. The summed E-state index contributed by atoms with van der Waals surface area (Å²) in [4.78, 5) is 32.6. The lowest BCUT2D eigenvalue weighted by atomic mass is 9.74. The number of hydrogen-bond acceptors (Lipinski definition) is 6. The summed E-state index contributed by atoms with van der Waals surface area (Å²) in [6, 6.07) is 7.15. The Kier molecular flexibility index (Phi) is 3.54. The number of aryl methyl sites for hydroxylation is 1. The molecule has 0 saturated carbocycles. The molecule has 4 heterocycles. The van der Waals surface area contributed by atoms with Gasteiger partial charge < -0.3 is 14.8 Å². The predicted molar refractivity (Wildman–Crippen MR) is 96.8 cm³/mol. The average molecular weight is 378 g/mol. The van der Waals surface area contributed by atoms with E-state index in [9.17, 15) is 9.59 Å². The Morgan fingerprint density at radius 1 is 1.36 bits per heavy atom. The Bertz CT molecular complexity index is 1060. The number of nitrogens with one attached hydrogen (secondary N) is 1. The molecule has 3 aromatic rings. The number of nitrogens with zero attached hydrogens (tertiary/aromatic N) is 7. The van der Waals surface area contributed by atoms with Crippen molar-refractivity contribution < 1.29 is 9.59 Å². The molecule has 1 saturated heterocycles. The summed E-state index contributed by atoms with van der Waals surface area (Å²) in [5, 5.41) is 13.9. The smallest absolute Gasteiger partial charge is 0.245 e. The van der Waals surface area contributed by atoms with Gasteiger partial charge in [-0.05, 0) is 28.5 Å². The highest BCUT2D eigenvalue weighted by atomic mass is 16.2. The second-order valence-electron chi connectivity index (χ2n) is 7.11. The quantitative estimate of drug-likeness (QED) is 0.700. The molecule has 10 nitrogen and oxygen atoms in total. The maximum Gasteiger partial charge on any atom is 0.245 e. The van der Waals surface area contributed by atoms with E-state index in [0.717, 1.165) is 11.3 Å². The molecule has 1 aromatic carbocycles. The van der Waals surface area contributed by atoms with E-state index in [1.165, 1.54) is 11.0 Å². The van der Waals surface area contributed by atoms with Gasteiger partial charge in [0.25, 0.3) is 0 Å². The number of aromatic nitrogens is 6. The van der Waals surface area contributed by atoms with Gasteiger partial charge in [0.05, 0.1) is 0 Å². The lowest BCUT2D eigenvalue weighted by Crippen LogP contribution is -2.44. The van der Waals surface area contributed by atoms with E-state index in [1.54, 1.807) is 11.1 Å². The van der Waals surface area contributed by atoms with Crippen LogP contribution in [0.25, 0.3) is 0 Å². The first-order valence-corrected chi connectivity index (χ1v) is 8.99. The third-order valence-corrected chi connectivity index (χ3v) is 5.70. The van der Waals surface area contributed by atoms with Crippen LogP contribution in [0.5, 0.6) is 0 Å². The van der Waals surface area contributed by atoms with Gasteiger partial charge in [0, 0.05) is 31.7 Å². The minimum absolute atomic E-state index is 0.00721. The molecular formula is C18H18N8O2. The Morgan fingerprint density at radius 2 is 2.21 bits per heavy atom. The Labute approximate surface area is 160 Å². The molecule has 2 aliphatic rings. The van der Waals surface area contributed by atoms with E-state index in [1.807, 2.05) is 42.1 Å². The van der Waals surface area contributed by atoms with Crippen molar-refractivity contribution in [1.82, 2.24) is 34.7 Å². The zero-order valence-electron chi connectivity index (χ0n) is 15.2. The van der Waals surface area contributed by atoms with Crippen LogP contribution in [0, 0.1) is 0 Å². The largest absolute Gasteiger partial charge is 0.336 e. The molecule has 0 bridgehead atoms. The van der Waals surface area contributed by atoms with Gasteiger partial charge in [-0.3, -0.25) is 9.59 Å². The van der Waals surface area contributed by atoms with Gasteiger partial charge in [-0.25, -0.2) is 9.67 Å². The summed E-state index contributed by atoms with van der Waals surface area (Å²) >= 11 is 0. The van der Waals surface area contributed by atoms with Crippen molar-refractivity contribution in [3.05, 3.63) is 54.4 Å². The maximum absolute atomic E-state index is 13.2. The van der Waals surface area contributed by atoms with Crippen molar-refractivity contribution in [3.8, 4) is 0 Å². The third-order valence-electron chi connectivity index (χ3n) is 5.70. The number of rotatable bonds is 3. The van der Waals surface area contributed by atoms with Gasteiger partial charge >= 0.3 is 0 Å². The van der Waals surface area contributed by atoms with Crippen molar-refractivity contribution in [1.29, 1.82) is 0 Å². The minimum Gasteiger partial charge on any atom is -0.336 e. The molecule has 2 amide bonds. The zero-order chi connectivity index (χ0) is 19.3. The number of likely N-dealkylation sites (tertiary alicyclic amines) is 1. The summed E-state index contributed by atoms with van der Waals surface area (Å²) in [6.45, 7) is 0.452. The van der Waals surface area contributed by atoms with Crippen molar-refractivity contribution in [2.24, 2.45) is 7.05 Å². The molecule has 0 radical (unpaired) electrons. The number of carbonyl (C=O) groups is 2. The number of amides is 2. The van der Waals surface area contributed by atoms with Crippen LogP contribution in [0.1, 0.15) is 23.9 Å². The number of imidazole rings is 1. The van der Waals surface area contributed by atoms with E-state index in [-0.39, 0.29) is 18.4 Å². The number of anilines is 1. The third kappa shape index (κ3) is 2.20. The second-order valence-corrected chi connectivity index (χ2v) is 7.11. The van der Waals surface area contributed by atoms with Gasteiger partial charge in [0.15, 0.2) is 0 Å². The molecule has 1 spiro atoms. The molecule has 1 N–H and O–H groups in total. The second kappa shape index (κ2) is 5.98. The molecule has 2 unspecified atom stereocenters. The number of benzene rings is 1. The Hall–Kier alpha value is -3.56. The molecule has 2 aliphatic heterocycles. The van der Waals surface area contributed by atoms with Crippen LogP contribution in [0.15, 0.2) is 43.0 Å². The van der Waals surface area contributed by atoms with Crippen molar-refractivity contribution in [3.63, 3.8) is 0 Å². The van der Waals surface area contributed by atoms with Crippen LogP contribution < -0.4 is 5.32 Å². The Balaban J connectivity index is 1.62. The summed E-state index contributed by atoms with van der Waals surface area (Å²) in [6.07, 6.45) is 5.43. The number of fused-ring (bicyclic) bond motifs is 2. The molecule has 10 heteroatoms. The molecule has 2 aromatic heterocycles. The number of tetrazole rings is 1. The normalized spacial score (nSPS) is 23.2. The van der Waals surface area contributed by atoms with Crippen molar-refractivity contribution in [2.45, 2.75) is 24.4 Å². The predicted octanol–water partition coefficient (Wildman–Crippen LogP) is 0.270.